The number of amides is 2. The molecule has 0 unspecified atom stereocenters. The lowest BCUT2D eigenvalue weighted by atomic mass is 9.77. The minimum atomic E-state index is -3.83. The van der Waals surface area contributed by atoms with E-state index in [0.29, 0.717) is 38.2 Å². The Hall–Kier alpha value is -2.95. The lowest BCUT2D eigenvalue weighted by Crippen LogP contribution is -2.49. The third-order valence-electron chi connectivity index (χ3n) is 10.5. The van der Waals surface area contributed by atoms with Crippen LogP contribution in [0, 0.1) is 11.8 Å². The van der Waals surface area contributed by atoms with Crippen LogP contribution in [0.3, 0.4) is 0 Å². The molecule has 0 bridgehead atoms. The summed E-state index contributed by atoms with van der Waals surface area (Å²) in [6.07, 6.45) is 3.23. The van der Waals surface area contributed by atoms with Crippen molar-refractivity contribution in [3.63, 3.8) is 0 Å². The maximum atomic E-state index is 16.0. The van der Waals surface area contributed by atoms with E-state index in [1.165, 1.54) is 28.6 Å². The number of carbonyl (C=O) groups excluding carboxylic acids is 2. The molecule has 16 heteroatoms. The molecule has 1 aliphatic carbocycles. The lowest BCUT2D eigenvalue weighted by Gasteiger charge is -2.36. The average molecular weight is 754 g/mol. The third-order valence-corrected chi connectivity index (χ3v) is 12.6. The van der Waals surface area contributed by atoms with Gasteiger partial charge in [-0.25, -0.2) is 22.2 Å². The molecule has 282 valence electrons. The van der Waals surface area contributed by atoms with Crippen molar-refractivity contribution in [3.05, 3.63) is 47.1 Å². The Morgan fingerprint density at radius 1 is 1.04 bits per heavy atom. The third kappa shape index (κ3) is 9.54. The molecule has 1 atom stereocenters. The zero-order chi connectivity index (χ0) is 37.0. The van der Waals surface area contributed by atoms with E-state index >= 15 is 8.78 Å². The van der Waals surface area contributed by atoms with Gasteiger partial charge in [0.15, 0.2) is 0 Å². The van der Waals surface area contributed by atoms with Crippen molar-refractivity contribution in [1.82, 2.24) is 14.6 Å². The second kappa shape index (κ2) is 16.4. The van der Waals surface area contributed by atoms with Crippen molar-refractivity contribution in [2.45, 2.75) is 61.8 Å². The van der Waals surface area contributed by atoms with Crippen LogP contribution >= 0.6 is 11.6 Å². The normalized spacial score (nSPS) is 22.4. The van der Waals surface area contributed by atoms with Gasteiger partial charge in [0.2, 0.25) is 21.8 Å². The highest BCUT2D eigenvalue weighted by atomic mass is 35.5. The molecule has 2 saturated heterocycles. The summed E-state index contributed by atoms with van der Waals surface area (Å²) in [4.78, 5) is 32.7. The molecule has 12 nitrogen and oxygen atoms in total. The van der Waals surface area contributed by atoms with Gasteiger partial charge in [-0.15, -0.1) is 0 Å². The summed E-state index contributed by atoms with van der Waals surface area (Å²) in [7, 11) is 0.455. The monoisotopic (exact) mass is 753 g/mol. The molecule has 1 aromatic heterocycles. The number of piperazine rings is 1. The Balaban J connectivity index is 1.13. The number of quaternary nitrogens is 1. The van der Waals surface area contributed by atoms with Gasteiger partial charge in [-0.1, -0.05) is 11.6 Å². The minimum absolute atomic E-state index is 0.0624. The number of hydrogen-bond acceptors (Lipinski definition) is 8. The highest BCUT2D eigenvalue weighted by Gasteiger charge is 2.44. The first kappa shape index (κ1) is 39.3. The second-order valence-electron chi connectivity index (χ2n) is 14.7. The number of sulfonamides is 1. The molecule has 3 aliphatic rings. The van der Waals surface area contributed by atoms with E-state index < -0.39 is 21.9 Å². The molecular weight excluding hydrogens is 702 g/mol. The molecular formula is C35H52ClF2N8O4S+. The van der Waals surface area contributed by atoms with Crippen LogP contribution in [0.5, 0.6) is 0 Å². The van der Waals surface area contributed by atoms with Gasteiger partial charge in [-0.3, -0.25) is 9.59 Å². The molecule has 51 heavy (non-hydrogen) atoms. The highest BCUT2D eigenvalue weighted by Crippen LogP contribution is 2.46. The predicted molar refractivity (Wildman–Crippen MR) is 194 cm³/mol. The van der Waals surface area contributed by atoms with Crippen LogP contribution in [0.25, 0.3) is 0 Å². The molecule has 3 fully saturated rings. The number of pyridine rings is 1. The largest absolute Gasteiger partial charge is 0.356 e. The number of nitrogens with one attached hydrogen (secondary N) is 1. The van der Waals surface area contributed by atoms with E-state index in [0.717, 1.165) is 30.4 Å². The van der Waals surface area contributed by atoms with Crippen LogP contribution in [-0.2, 0) is 25.5 Å². The fraction of sp³-hybridized carbons (Fsp3) is 0.629. The van der Waals surface area contributed by atoms with E-state index in [1.54, 1.807) is 21.9 Å². The Kier molecular flexibility index (Phi) is 12.6. The average Bonchev–Trinajstić information content (AvgIpc) is 3.46. The summed E-state index contributed by atoms with van der Waals surface area (Å²) in [6.45, 7) is 4.21. The van der Waals surface area contributed by atoms with Gasteiger partial charge in [-0.2, -0.15) is 4.31 Å². The molecule has 2 amide bonds. The van der Waals surface area contributed by atoms with Gasteiger partial charge in [0.1, 0.15) is 11.0 Å². The zero-order valence-corrected chi connectivity index (χ0v) is 31.1. The van der Waals surface area contributed by atoms with Crippen molar-refractivity contribution in [2.24, 2.45) is 23.3 Å². The van der Waals surface area contributed by atoms with Crippen LogP contribution in [0.2, 0.25) is 5.15 Å². The summed E-state index contributed by atoms with van der Waals surface area (Å²) < 4.78 is 61.0. The first-order valence-electron chi connectivity index (χ1n) is 17.9. The Bertz CT molecular complexity index is 1630. The van der Waals surface area contributed by atoms with Crippen LogP contribution in [0.15, 0.2) is 41.3 Å². The number of alkyl halides is 2. The maximum absolute atomic E-state index is 16.0. The van der Waals surface area contributed by atoms with E-state index in [9.17, 15) is 18.0 Å². The van der Waals surface area contributed by atoms with Gasteiger partial charge in [0.05, 0.1) is 32.1 Å². The molecule has 2 aromatic rings. The number of rotatable bonds is 14. The first-order valence-corrected chi connectivity index (χ1v) is 19.7. The van der Waals surface area contributed by atoms with Crippen molar-refractivity contribution in [2.75, 3.05) is 82.8 Å². The quantitative estimate of drug-likeness (QED) is 0.151. The molecule has 1 saturated carbocycles. The Morgan fingerprint density at radius 3 is 2.29 bits per heavy atom. The molecule has 3 heterocycles. The van der Waals surface area contributed by atoms with Gasteiger partial charge in [0, 0.05) is 87.7 Å². The molecule has 1 aromatic carbocycles. The molecule has 0 radical (unpaired) electrons. The summed E-state index contributed by atoms with van der Waals surface area (Å²) in [5.74, 6) is -4.31. The Labute approximate surface area is 305 Å². The minimum Gasteiger partial charge on any atom is -0.356 e. The predicted octanol–water partition coefficient (Wildman–Crippen LogP) is 3.14. The van der Waals surface area contributed by atoms with E-state index in [1.807, 2.05) is 0 Å². The SMILES string of the molecule is C[N+](C)(CCCN)CCCNC(=O)[C@H]1CC[C@H](C(F)(F)c2cc(Cl)nc(N3CCN(S(=O)(=O)c4ccc(N5C[C@H](N)CC5=O)cc4)CC3)c2)CC1. The zero-order valence-electron chi connectivity index (χ0n) is 29.6. The number of nitrogens with zero attached hydrogens (tertiary/aromatic N) is 5. The van der Waals surface area contributed by atoms with Gasteiger partial charge in [0.25, 0.3) is 5.92 Å². The number of aromatic nitrogens is 1. The van der Waals surface area contributed by atoms with E-state index in [2.05, 4.69) is 24.4 Å². The standard InChI is InChI=1S/C35H51ClF2N8O4S/c1-46(2,19-3-13-39)20-4-14-41-34(48)25-5-7-26(8-6-25)35(37,38)27-21-31(36)42-32(22-27)43-15-17-44(18-16-43)51(49,50)30-11-9-29(10-12-30)45-24-28(40)23-33(45)47/h9-12,21-22,25-26,28H,3-8,13-20,23-24,39-40H2,1-2H3/p+1/t25-,26-,28-/m1/s1. The summed E-state index contributed by atoms with van der Waals surface area (Å²) in [5, 5.41) is 2.94. The molecule has 0 spiro atoms. The highest BCUT2D eigenvalue weighted by molar-refractivity contribution is 7.89. The maximum Gasteiger partial charge on any atom is 0.276 e. The van der Waals surface area contributed by atoms with Crippen molar-refractivity contribution < 1.29 is 31.3 Å². The smallest absolute Gasteiger partial charge is 0.276 e. The van der Waals surface area contributed by atoms with Crippen LogP contribution in [0.1, 0.15) is 50.5 Å². The van der Waals surface area contributed by atoms with Gasteiger partial charge in [-0.05, 0) is 68.6 Å². The summed E-state index contributed by atoms with van der Waals surface area (Å²) in [6, 6.07) is 8.47. The van der Waals surface area contributed by atoms with Crippen LogP contribution in [0.4, 0.5) is 20.3 Å². The number of benzene rings is 1. The van der Waals surface area contributed by atoms with Crippen LogP contribution in [-0.4, -0.2) is 113 Å². The summed E-state index contributed by atoms with van der Waals surface area (Å²) >= 11 is 6.28. The second-order valence-corrected chi connectivity index (χ2v) is 17.1. The van der Waals surface area contributed by atoms with E-state index in [-0.39, 0.29) is 90.6 Å². The van der Waals surface area contributed by atoms with Crippen molar-refractivity contribution in [1.29, 1.82) is 0 Å². The number of halogens is 3. The van der Waals surface area contributed by atoms with Crippen molar-refractivity contribution >= 4 is 44.9 Å². The van der Waals surface area contributed by atoms with E-state index in [4.69, 9.17) is 23.1 Å². The Morgan fingerprint density at radius 2 is 1.69 bits per heavy atom. The van der Waals surface area contributed by atoms with Gasteiger partial charge >= 0.3 is 0 Å². The topological polar surface area (TPSA) is 155 Å². The van der Waals surface area contributed by atoms with Gasteiger partial charge < -0.3 is 31.1 Å². The first-order chi connectivity index (χ1) is 24.1. The number of anilines is 2. The lowest BCUT2D eigenvalue weighted by molar-refractivity contribution is -0.890. The number of hydrogen-bond donors (Lipinski definition) is 3. The number of nitrogens with two attached hydrogens (primary N) is 2. The fourth-order valence-electron chi connectivity index (χ4n) is 7.37. The fourth-order valence-corrected chi connectivity index (χ4v) is 9.00. The molecule has 5 N–H and O–H groups in total. The van der Waals surface area contributed by atoms with Crippen LogP contribution < -0.4 is 26.6 Å². The van der Waals surface area contributed by atoms with Crippen molar-refractivity contribution in [3.8, 4) is 0 Å². The number of carbonyl (C=O) groups is 2. The molecule has 5 rings (SSSR count). The molecule has 2 aliphatic heterocycles. The summed E-state index contributed by atoms with van der Waals surface area (Å²) in [5.41, 5.74) is 11.9.